The lowest BCUT2D eigenvalue weighted by Gasteiger charge is -2.22. The minimum atomic E-state index is 0.0623. The number of hydrogen-bond acceptors (Lipinski definition) is 2. The molecule has 1 aromatic rings. The molecule has 3 heteroatoms. The third-order valence-electron chi connectivity index (χ3n) is 2.07. The van der Waals surface area contributed by atoms with Crippen molar-refractivity contribution >= 4 is 17.2 Å². The van der Waals surface area contributed by atoms with Crippen LogP contribution in [0.15, 0.2) is 24.3 Å². The first kappa shape index (κ1) is 12.0. The monoisotopic (exact) mass is 223 g/mol. The number of nitrogens with two attached hydrogens (primary N) is 1. The van der Waals surface area contributed by atoms with Crippen LogP contribution < -0.4 is 10.5 Å². The van der Waals surface area contributed by atoms with E-state index in [1.165, 1.54) is 5.56 Å². The second kappa shape index (κ2) is 4.62. The molecule has 2 nitrogen and oxygen atoms in total. The SMILES string of the molecule is CC(C)(C)c1ccccc1OCC(N)=S. The van der Waals surface area contributed by atoms with E-state index in [9.17, 15) is 0 Å². The molecular weight excluding hydrogens is 206 g/mol. The summed E-state index contributed by atoms with van der Waals surface area (Å²) in [5.41, 5.74) is 6.64. The molecule has 1 rings (SSSR count). The fourth-order valence-corrected chi connectivity index (χ4v) is 1.42. The minimum absolute atomic E-state index is 0.0623. The minimum Gasteiger partial charge on any atom is -0.486 e. The molecule has 0 amide bonds. The van der Waals surface area contributed by atoms with E-state index in [0.29, 0.717) is 11.6 Å². The van der Waals surface area contributed by atoms with Crippen molar-refractivity contribution < 1.29 is 4.74 Å². The summed E-state index contributed by atoms with van der Waals surface area (Å²) in [5.74, 6) is 0.859. The fraction of sp³-hybridized carbons (Fsp3) is 0.417. The Hall–Kier alpha value is -1.09. The topological polar surface area (TPSA) is 35.2 Å². The first-order valence-electron chi connectivity index (χ1n) is 4.92. The fourth-order valence-electron chi connectivity index (χ4n) is 1.36. The van der Waals surface area contributed by atoms with Gasteiger partial charge in [0.1, 0.15) is 17.3 Å². The summed E-state index contributed by atoms with van der Waals surface area (Å²) < 4.78 is 5.56. The molecule has 0 aliphatic carbocycles. The van der Waals surface area contributed by atoms with Crippen LogP contribution in [0.2, 0.25) is 0 Å². The van der Waals surface area contributed by atoms with E-state index in [1.54, 1.807) is 0 Å². The predicted octanol–water partition coefficient (Wildman–Crippen LogP) is 2.65. The van der Waals surface area contributed by atoms with Gasteiger partial charge in [-0.2, -0.15) is 0 Å². The quantitative estimate of drug-likeness (QED) is 0.800. The van der Waals surface area contributed by atoms with Crippen molar-refractivity contribution in [2.75, 3.05) is 6.61 Å². The lowest BCUT2D eigenvalue weighted by molar-refractivity contribution is 0.364. The van der Waals surface area contributed by atoms with Crippen molar-refractivity contribution in [2.45, 2.75) is 26.2 Å². The molecule has 0 aliphatic heterocycles. The number of thiocarbonyl (C=S) groups is 1. The summed E-state index contributed by atoms with van der Waals surface area (Å²) in [6.07, 6.45) is 0. The van der Waals surface area contributed by atoms with Crippen LogP contribution in [0.1, 0.15) is 26.3 Å². The number of para-hydroxylation sites is 1. The lowest BCUT2D eigenvalue weighted by Crippen LogP contribution is -2.20. The Balaban J connectivity index is 2.92. The van der Waals surface area contributed by atoms with E-state index in [0.717, 1.165) is 5.75 Å². The van der Waals surface area contributed by atoms with Gasteiger partial charge in [0.2, 0.25) is 0 Å². The van der Waals surface area contributed by atoms with Crippen LogP contribution in [0.4, 0.5) is 0 Å². The molecule has 1 aromatic carbocycles. The van der Waals surface area contributed by atoms with Crippen molar-refractivity contribution in [1.82, 2.24) is 0 Å². The molecule has 0 atom stereocenters. The standard InChI is InChI=1S/C12H17NOS/c1-12(2,3)9-6-4-5-7-10(9)14-8-11(13)15/h4-7H,8H2,1-3H3,(H2,13,15). The van der Waals surface area contributed by atoms with Crippen LogP contribution in [0.3, 0.4) is 0 Å². The van der Waals surface area contributed by atoms with Gasteiger partial charge in [-0.25, -0.2) is 0 Å². The average Bonchev–Trinajstić information content (AvgIpc) is 2.13. The maximum Gasteiger partial charge on any atom is 0.138 e. The number of hydrogen-bond donors (Lipinski definition) is 1. The Bertz CT molecular complexity index is 355. The summed E-state index contributed by atoms with van der Waals surface area (Å²) in [4.78, 5) is 0.374. The van der Waals surface area contributed by atoms with E-state index in [2.05, 4.69) is 26.8 Å². The molecule has 0 saturated carbocycles. The molecule has 0 aromatic heterocycles. The van der Waals surface area contributed by atoms with E-state index in [-0.39, 0.29) is 5.41 Å². The van der Waals surface area contributed by atoms with Crippen LogP contribution in [0, 0.1) is 0 Å². The van der Waals surface area contributed by atoms with Gasteiger partial charge in [-0.15, -0.1) is 0 Å². The largest absolute Gasteiger partial charge is 0.486 e. The summed E-state index contributed by atoms with van der Waals surface area (Å²) >= 11 is 4.78. The molecule has 82 valence electrons. The number of rotatable bonds is 3. The van der Waals surface area contributed by atoms with Gasteiger partial charge in [0.25, 0.3) is 0 Å². The molecule has 0 aliphatic rings. The van der Waals surface area contributed by atoms with Gasteiger partial charge in [-0.3, -0.25) is 0 Å². The highest BCUT2D eigenvalue weighted by molar-refractivity contribution is 7.80. The van der Waals surface area contributed by atoms with Crippen molar-refractivity contribution in [3.63, 3.8) is 0 Å². The summed E-state index contributed by atoms with van der Waals surface area (Å²) in [7, 11) is 0. The van der Waals surface area contributed by atoms with Gasteiger partial charge in [0, 0.05) is 0 Å². The molecule has 0 spiro atoms. The average molecular weight is 223 g/mol. The van der Waals surface area contributed by atoms with Crippen molar-refractivity contribution in [1.29, 1.82) is 0 Å². The van der Waals surface area contributed by atoms with Crippen LogP contribution >= 0.6 is 12.2 Å². The number of ether oxygens (including phenoxy) is 1. The van der Waals surface area contributed by atoms with E-state index < -0.39 is 0 Å². The highest BCUT2D eigenvalue weighted by Crippen LogP contribution is 2.30. The number of benzene rings is 1. The van der Waals surface area contributed by atoms with Gasteiger partial charge in [-0.1, -0.05) is 51.2 Å². The maximum atomic E-state index is 5.56. The molecule has 0 bridgehead atoms. The lowest BCUT2D eigenvalue weighted by atomic mass is 9.86. The van der Waals surface area contributed by atoms with Gasteiger partial charge >= 0.3 is 0 Å². The van der Waals surface area contributed by atoms with Crippen molar-refractivity contribution in [3.05, 3.63) is 29.8 Å². The normalized spacial score (nSPS) is 11.1. The highest BCUT2D eigenvalue weighted by atomic mass is 32.1. The Morgan fingerprint density at radius 1 is 1.33 bits per heavy atom. The molecule has 15 heavy (non-hydrogen) atoms. The third-order valence-corrected chi connectivity index (χ3v) is 2.18. The predicted molar refractivity (Wildman–Crippen MR) is 67.4 cm³/mol. The molecule has 2 N–H and O–H groups in total. The zero-order valence-corrected chi connectivity index (χ0v) is 10.2. The highest BCUT2D eigenvalue weighted by Gasteiger charge is 2.18. The van der Waals surface area contributed by atoms with E-state index in [1.807, 2.05) is 18.2 Å². The molecule has 0 radical (unpaired) electrons. The van der Waals surface area contributed by atoms with Crippen LogP contribution in [0.25, 0.3) is 0 Å². The van der Waals surface area contributed by atoms with E-state index in [4.69, 9.17) is 22.7 Å². The summed E-state index contributed by atoms with van der Waals surface area (Å²) in [5, 5.41) is 0. The summed E-state index contributed by atoms with van der Waals surface area (Å²) in [6, 6.07) is 7.96. The Morgan fingerprint density at radius 2 is 1.93 bits per heavy atom. The second-order valence-corrected chi connectivity index (χ2v) is 5.03. The van der Waals surface area contributed by atoms with Crippen LogP contribution in [-0.2, 0) is 5.41 Å². The van der Waals surface area contributed by atoms with Crippen LogP contribution in [-0.4, -0.2) is 11.6 Å². The van der Waals surface area contributed by atoms with Gasteiger partial charge in [0.15, 0.2) is 0 Å². The van der Waals surface area contributed by atoms with Gasteiger partial charge < -0.3 is 10.5 Å². The zero-order chi connectivity index (χ0) is 11.5. The van der Waals surface area contributed by atoms with Crippen LogP contribution in [0.5, 0.6) is 5.75 Å². The Kier molecular flexibility index (Phi) is 3.69. The molecule has 0 saturated heterocycles. The Morgan fingerprint density at radius 3 is 2.47 bits per heavy atom. The smallest absolute Gasteiger partial charge is 0.138 e. The second-order valence-electron chi connectivity index (χ2n) is 4.50. The maximum absolute atomic E-state index is 5.56. The molecule has 0 heterocycles. The molecule has 0 fully saturated rings. The van der Waals surface area contributed by atoms with Crippen molar-refractivity contribution in [2.24, 2.45) is 5.73 Å². The molecular formula is C12H17NOS. The Labute approximate surface area is 96.4 Å². The van der Waals surface area contributed by atoms with Gasteiger partial charge in [-0.05, 0) is 17.0 Å². The first-order chi connectivity index (χ1) is 6.91. The zero-order valence-electron chi connectivity index (χ0n) is 9.41. The molecule has 0 unspecified atom stereocenters. The van der Waals surface area contributed by atoms with E-state index >= 15 is 0 Å². The third kappa shape index (κ3) is 3.51. The van der Waals surface area contributed by atoms with Gasteiger partial charge in [0.05, 0.1) is 0 Å². The first-order valence-corrected chi connectivity index (χ1v) is 5.32. The van der Waals surface area contributed by atoms with Crippen molar-refractivity contribution in [3.8, 4) is 5.75 Å². The summed E-state index contributed by atoms with van der Waals surface area (Å²) in [6.45, 7) is 6.74.